The molecule has 0 radical (unpaired) electrons. The van der Waals surface area contributed by atoms with Crippen LogP contribution in [0.1, 0.15) is 0 Å². The van der Waals surface area contributed by atoms with Gasteiger partial charge in [-0.05, 0) is 63.7 Å². The molecule has 2 aromatic heterocycles. The molecule has 0 saturated carbocycles. The van der Waals surface area contributed by atoms with E-state index in [0.717, 1.165) is 44.2 Å². The second-order valence-electron chi connectivity index (χ2n) is 10.5. The van der Waals surface area contributed by atoms with Gasteiger partial charge in [0, 0.05) is 16.2 Å². The molecule has 0 N–H and O–H groups in total. The third-order valence-electron chi connectivity index (χ3n) is 8.10. The van der Waals surface area contributed by atoms with Crippen molar-refractivity contribution >= 4 is 27.2 Å². The highest BCUT2D eigenvalue weighted by molar-refractivity contribution is 6.16. The maximum Gasteiger partial charge on any atom is 0.340 e. The topological polar surface area (TPSA) is 43.5 Å². The van der Waals surface area contributed by atoms with Gasteiger partial charge in [-0.2, -0.15) is 0 Å². The van der Waals surface area contributed by atoms with Gasteiger partial charge in [0.05, 0.1) is 16.7 Å². The minimum atomic E-state index is -0.373. The van der Waals surface area contributed by atoms with E-state index in [1.165, 1.54) is 4.40 Å². The summed E-state index contributed by atoms with van der Waals surface area (Å²) in [7, 11) is 0. The monoisotopic (exact) mass is 540 g/mol. The molecule has 0 bridgehead atoms. The van der Waals surface area contributed by atoms with Crippen LogP contribution in [0, 0.1) is 0 Å². The zero-order valence-electron chi connectivity index (χ0n) is 22.6. The SMILES string of the molecule is O=c1c2cccc(-c3ccccc3)c2c2cccc3c2n1c(=O)n3-c1cc(-c2ccccc2)cc(-c2ccccc2)c1. The first-order valence-electron chi connectivity index (χ1n) is 14.0. The van der Waals surface area contributed by atoms with E-state index in [9.17, 15) is 9.59 Å². The van der Waals surface area contributed by atoms with Gasteiger partial charge >= 0.3 is 5.69 Å². The predicted octanol–water partition coefficient (Wildman–Crippen LogP) is 8.20. The molecule has 4 heteroatoms. The van der Waals surface area contributed by atoms with Gasteiger partial charge in [0.1, 0.15) is 0 Å². The van der Waals surface area contributed by atoms with E-state index in [1.54, 1.807) is 4.57 Å². The number of rotatable bonds is 4. The Kier molecular flexibility index (Phi) is 5.41. The Hall–Kier alpha value is -5.74. The molecule has 2 heterocycles. The Morgan fingerprint density at radius 3 is 1.62 bits per heavy atom. The number of hydrogen-bond donors (Lipinski definition) is 0. The molecule has 0 unspecified atom stereocenters. The van der Waals surface area contributed by atoms with Gasteiger partial charge < -0.3 is 0 Å². The summed E-state index contributed by atoms with van der Waals surface area (Å²) >= 11 is 0. The fraction of sp³-hybridized carbons (Fsp3) is 0. The maximum atomic E-state index is 14.3. The fourth-order valence-corrected chi connectivity index (χ4v) is 6.22. The minimum Gasteiger partial charge on any atom is -0.268 e. The molecule has 42 heavy (non-hydrogen) atoms. The average Bonchev–Trinajstić information content (AvgIpc) is 3.36. The molecule has 0 fully saturated rings. The van der Waals surface area contributed by atoms with Crippen molar-refractivity contribution in [2.24, 2.45) is 0 Å². The van der Waals surface area contributed by atoms with Crippen molar-refractivity contribution in [2.45, 2.75) is 0 Å². The van der Waals surface area contributed by atoms with E-state index in [4.69, 9.17) is 0 Å². The van der Waals surface area contributed by atoms with Crippen LogP contribution < -0.4 is 11.2 Å². The summed E-state index contributed by atoms with van der Waals surface area (Å²) in [6.07, 6.45) is 0. The first kappa shape index (κ1) is 24.1. The Morgan fingerprint density at radius 2 is 1.00 bits per heavy atom. The molecule has 0 aliphatic heterocycles. The second kappa shape index (κ2) is 9.43. The second-order valence-corrected chi connectivity index (χ2v) is 10.5. The summed E-state index contributed by atoms with van der Waals surface area (Å²) in [4.78, 5) is 28.4. The lowest BCUT2D eigenvalue weighted by Crippen LogP contribution is -2.27. The molecule has 0 spiro atoms. The Labute approximate surface area is 241 Å². The molecule has 6 aromatic carbocycles. The molecule has 0 aliphatic rings. The van der Waals surface area contributed by atoms with Crippen molar-refractivity contribution in [3.63, 3.8) is 0 Å². The van der Waals surface area contributed by atoms with Crippen molar-refractivity contribution in [3.05, 3.63) is 166 Å². The number of nitrogens with zero attached hydrogens (tertiary/aromatic N) is 2. The van der Waals surface area contributed by atoms with Crippen LogP contribution in [-0.2, 0) is 0 Å². The largest absolute Gasteiger partial charge is 0.340 e. The lowest BCUT2D eigenvalue weighted by atomic mass is 9.96. The van der Waals surface area contributed by atoms with Gasteiger partial charge in [0.15, 0.2) is 0 Å². The van der Waals surface area contributed by atoms with E-state index in [-0.39, 0.29) is 11.2 Å². The van der Waals surface area contributed by atoms with E-state index in [1.807, 2.05) is 115 Å². The van der Waals surface area contributed by atoms with Crippen LogP contribution in [0.4, 0.5) is 0 Å². The van der Waals surface area contributed by atoms with Crippen molar-refractivity contribution in [3.8, 4) is 39.1 Å². The summed E-state index contributed by atoms with van der Waals surface area (Å²) in [6, 6.07) is 48.2. The van der Waals surface area contributed by atoms with Gasteiger partial charge in [-0.3, -0.25) is 9.36 Å². The van der Waals surface area contributed by atoms with Crippen LogP contribution in [-0.4, -0.2) is 8.97 Å². The van der Waals surface area contributed by atoms with Crippen LogP contribution in [0.3, 0.4) is 0 Å². The fourth-order valence-electron chi connectivity index (χ4n) is 6.22. The van der Waals surface area contributed by atoms with E-state index >= 15 is 0 Å². The van der Waals surface area contributed by atoms with Crippen molar-refractivity contribution in [1.82, 2.24) is 8.97 Å². The number of para-hydroxylation sites is 1. The molecular formula is C38H24N2O2. The van der Waals surface area contributed by atoms with Crippen molar-refractivity contribution in [2.75, 3.05) is 0 Å². The smallest absolute Gasteiger partial charge is 0.268 e. The van der Waals surface area contributed by atoms with Gasteiger partial charge in [0.25, 0.3) is 5.56 Å². The molecule has 8 aromatic rings. The van der Waals surface area contributed by atoms with E-state index in [2.05, 4.69) is 30.3 Å². The summed E-state index contributed by atoms with van der Waals surface area (Å²) in [5, 5.41) is 2.26. The maximum absolute atomic E-state index is 14.3. The highest BCUT2D eigenvalue weighted by atomic mass is 16.2. The third kappa shape index (κ3) is 3.62. The number of aromatic nitrogens is 2. The standard InChI is InChI=1S/C38H24N2O2/c41-37-33-20-10-18-31(27-16-8-3-9-17-27)35(33)32-19-11-21-34-36(32)40(37)38(42)39(34)30-23-28(25-12-4-1-5-13-25)22-29(24-30)26-14-6-2-7-15-26/h1-24H. The van der Waals surface area contributed by atoms with Crippen molar-refractivity contribution in [1.29, 1.82) is 0 Å². The minimum absolute atomic E-state index is 0.308. The number of hydrogen-bond acceptors (Lipinski definition) is 2. The lowest BCUT2D eigenvalue weighted by Gasteiger charge is -2.12. The molecule has 8 rings (SSSR count). The molecular weight excluding hydrogens is 516 g/mol. The summed E-state index contributed by atoms with van der Waals surface area (Å²) in [6.45, 7) is 0. The third-order valence-corrected chi connectivity index (χ3v) is 8.10. The van der Waals surface area contributed by atoms with Crippen LogP contribution in [0.15, 0.2) is 155 Å². The van der Waals surface area contributed by atoms with Crippen LogP contribution in [0.5, 0.6) is 0 Å². The van der Waals surface area contributed by atoms with Crippen LogP contribution in [0.2, 0.25) is 0 Å². The van der Waals surface area contributed by atoms with Gasteiger partial charge in [-0.25, -0.2) is 9.20 Å². The van der Waals surface area contributed by atoms with E-state index in [0.29, 0.717) is 22.1 Å². The van der Waals surface area contributed by atoms with E-state index < -0.39 is 0 Å². The first-order valence-corrected chi connectivity index (χ1v) is 14.0. The molecule has 0 amide bonds. The van der Waals surface area contributed by atoms with Crippen LogP contribution in [0.25, 0.3) is 66.3 Å². The van der Waals surface area contributed by atoms with Crippen LogP contribution >= 0.6 is 0 Å². The Morgan fingerprint density at radius 1 is 0.452 bits per heavy atom. The summed E-state index contributed by atoms with van der Waals surface area (Å²) < 4.78 is 3.03. The number of imidazole rings is 1. The Bertz CT molecular complexity index is 2310. The highest BCUT2D eigenvalue weighted by Crippen LogP contribution is 2.36. The Balaban J connectivity index is 1.49. The molecule has 0 saturated heterocycles. The van der Waals surface area contributed by atoms with Gasteiger partial charge in [-0.15, -0.1) is 0 Å². The quantitative estimate of drug-likeness (QED) is 0.211. The van der Waals surface area contributed by atoms with Crippen molar-refractivity contribution < 1.29 is 0 Å². The molecule has 198 valence electrons. The molecule has 0 aliphatic carbocycles. The summed E-state index contributed by atoms with van der Waals surface area (Å²) in [5.74, 6) is 0. The number of benzene rings is 6. The number of pyridine rings is 1. The first-order chi connectivity index (χ1) is 20.7. The molecule has 4 nitrogen and oxygen atoms in total. The van der Waals surface area contributed by atoms with Gasteiger partial charge in [-0.1, -0.05) is 115 Å². The highest BCUT2D eigenvalue weighted by Gasteiger charge is 2.22. The summed E-state index contributed by atoms with van der Waals surface area (Å²) in [5.41, 5.74) is 7.44. The zero-order valence-corrected chi connectivity index (χ0v) is 22.6. The normalized spacial score (nSPS) is 11.5. The predicted molar refractivity (Wildman–Crippen MR) is 172 cm³/mol. The van der Waals surface area contributed by atoms with Gasteiger partial charge in [0.2, 0.25) is 0 Å². The zero-order chi connectivity index (χ0) is 28.2. The molecule has 0 atom stereocenters. The lowest BCUT2D eigenvalue weighted by molar-refractivity contribution is 0.944. The number of fused-ring (bicyclic) bond motifs is 2. The average molecular weight is 541 g/mol.